The van der Waals surface area contributed by atoms with Crippen molar-refractivity contribution in [2.75, 3.05) is 19.5 Å². The number of rotatable bonds is 6. The molecule has 0 aliphatic heterocycles. The number of amides is 1. The van der Waals surface area contributed by atoms with Crippen LogP contribution in [-0.2, 0) is 11.3 Å². The Balaban J connectivity index is 1.48. The van der Waals surface area contributed by atoms with Crippen molar-refractivity contribution in [2.45, 2.75) is 20.4 Å². The van der Waals surface area contributed by atoms with Crippen molar-refractivity contribution in [1.29, 1.82) is 0 Å². The van der Waals surface area contributed by atoms with Gasteiger partial charge < -0.3 is 14.8 Å². The van der Waals surface area contributed by atoms with Gasteiger partial charge in [0.05, 0.1) is 25.6 Å². The van der Waals surface area contributed by atoms with E-state index >= 15 is 0 Å². The summed E-state index contributed by atoms with van der Waals surface area (Å²) < 4.78 is 14.7. The second-order valence-corrected chi connectivity index (χ2v) is 8.22. The van der Waals surface area contributed by atoms with Gasteiger partial charge in [-0.1, -0.05) is 17.7 Å². The Morgan fingerprint density at radius 2 is 1.83 bits per heavy atom. The Morgan fingerprint density at radius 1 is 1.00 bits per heavy atom. The zero-order chi connectivity index (χ0) is 24.7. The molecule has 0 atom stereocenters. The van der Waals surface area contributed by atoms with Crippen molar-refractivity contribution in [2.24, 2.45) is 0 Å². The molecular formula is C25H24N6O4. The molecule has 0 radical (unpaired) electrons. The van der Waals surface area contributed by atoms with E-state index in [4.69, 9.17) is 9.47 Å². The molecule has 5 aromatic rings. The maximum atomic E-state index is 13.0. The molecule has 10 heteroatoms. The zero-order valence-electron chi connectivity index (χ0n) is 19.8. The average molecular weight is 473 g/mol. The first kappa shape index (κ1) is 22.2. The van der Waals surface area contributed by atoms with E-state index in [2.05, 4.69) is 33.7 Å². The summed E-state index contributed by atoms with van der Waals surface area (Å²) in [5, 5.41) is 11.9. The molecular weight excluding hydrogens is 448 g/mol. The molecule has 0 saturated heterocycles. The van der Waals surface area contributed by atoms with Crippen LogP contribution in [0.4, 0.5) is 5.69 Å². The molecule has 3 aromatic heterocycles. The van der Waals surface area contributed by atoms with Gasteiger partial charge in [0.25, 0.3) is 0 Å². The predicted octanol–water partition coefficient (Wildman–Crippen LogP) is 3.08. The molecule has 1 N–H and O–H groups in total. The first-order chi connectivity index (χ1) is 16.9. The maximum Gasteiger partial charge on any atom is 0.350 e. The lowest BCUT2D eigenvalue weighted by Crippen LogP contribution is -2.28. The molecule has 3 heterocycles. The van der Waals surface area contributed by atoms with Crippen LogP contribution in [0.1, 0.15) is 11.1 Å². The smallest absolute Gasteiger partial charge is 0.350 e. The summed E-state index contributed by atoms with van der Waals surface area (Å²) in [6, 6.07) is 13.1. The third-order valence-electron chi connectivity index (χ3n) is 5.84. The number of fused-ring (bicyclic) bond motifs is 3. The molecule has 0 unspecified atom stereocenters. The van der Waals surface area contributed by atoms with Crippen LogP contribution in [0.25, 0.3) is 22.4 Å². The standard InChI is InChI=1S/C25H24N6O4/c1-15-5-6-16(2)18(11-15)20-13-21-24-28-31(25(33)29(24)9-10-30(21)27-20)14-23(32)26-19-8-7-17(34-3)12-22(19)35-4/h5-13H,14H2,1-4H3,(H,26,32). The number of nitrogens with zero attached hydrogens (tertiary/aromatic N) is 5. The highest BCUT2D eigenvalue weighted by molar-refractivity contribution is 5.92. The van der Waals surface area contributed by atoms with Crippen LogP contribution in [0, 0.1) is 13.8 Å². The minimum atomic E-state index is -0.422. The summed E-state index contributed by atoms with van der Waals surface area (Å²) in [6.07, 6.45) is 3.30. The van der Waals surface area contributed by atoms with Gasteiger partial charge in [0.2, 0.25) is 5.91 Å². The summed E-state index contributed by atoms with van der Waals surface area (Å²) >= 11 is 0. The van der Waals surface area contributed by atoms with Crippen molar-refractivity contribution in [3.8, 4) is 22.8 Å². The highest BCUT2D eigenvalue weighted by Gasteiger charge is 2.17. The number of anilines is 1. The van der Waals surface area contributed by atoms with E-state index in [0.717, 1.165) is 27.1 Å². The average Bonchev–Trinajstić information content (AvgIpc) is 3.42. The van der Waals surface area contributed by atoms with E-state index in [-0.39, 0.29) is 6.54 Å². The van der Waals surface area contributed by atoms with Gasteiger partial charge in [0.1, 0.15) is 23.6 Å². The number of nitrogens with one attached hydrogen (secondary N) is 1. The predicted molar refractivity (Wildman–Crippen MR) is 131 cm³/mol. The van der Waals surface area contributed by atoms with Gasteiger partial charge in [-0.25, -0.2) is 18.4 Å². The topological polar surface area (TPSA) is 104 Å². The quantitative estimate of drug-likeness (QED) is 0.407. The molecule has 178 valence electrons. The van der Waals surface area contributed by atoms with Crippen LogP contribution in [0.3, 0.4) is 0 Å². The van der Waals surface area contributed by atoms with Gasteiger partial charge >= 0.3 is 5.69 Å². The number of aromatic nitrogens is 5. The first-order valence-electron chi connectivity index (χ1n) is 10.9. The minimum Gasteiger partial charge on any atom is -0.497 e. The lowest BCUT2D eigenvalue weighted by molar-refractivity contribution is -0.117. The summed E-state index contributed by atoms with van der Waals surface area (Å²) in [5.41, 5.74) is 5.15. The molecule has 0 spiro atoms. The van der Waals surface area contributed by atoms with Crippen molar-refractivity contribution >= 4 is 22.8 Å². The fraction of sp³-hybridized carbons (Fsp3) is 0.200. The Labute approximate surface area is 200 Å². The highest BCUT2D eigenvalue weighted by Crippen LogP contribution is 2.29. The number of carbonyl (C=O) groups excluding carboxylic acids is 1. The number of hydrogen-bond acceptors (Lipinski definition) is 6. The summed E-state index contributed by atoms with van der Waals surface area (Å²) in [5.74, 6) is 0.626. The normalized spacial score (nSPS) is 11.2. The van der Waals surface area contributed by atoms with Crippen molar-refractivity contribution in [3.05, 3.63) is 76.5 Å². The Morgan fingerprint density at radius 3 is 2.60 bits per heavy atom. The van der Waals surface area contributed by atoms with Crippen LogP contribution in [0.15, 0.2) is 59.7 Å². The Bertz CT molecular complexity index is 1650. The molecule has 2 aromatic carbocycles. The SMILES string of the molecule is COc1ccc(NC(=O)Cn2nc3c4cc(-c5cc(C)ccc5C)nn4ccn3c2=O)c(OC)c1. The molecule has 35 heavy (non-hydrogen) atoms. The molecule has 1 amide bonds. The fourth-order valence-electron chi connectivity index (χ4n) is 4.01. The van der Waals surface area contributed by atoms with E-state index in [1.165, 1.54) is 11.5 Å². The number of methoxy groups -OCH3 is 2. The van der Waals surface area contributed by atoms with Gasteiger partial charge in [-0.15, -0.1) is 5.10 Å². The number of hydrogen-bond donors (Lipinski definition) is 1. The first-order valence-corrected chi connectivity index (χ1v) is 10.9. The number of aryl methyl sites for hydroxylation is 2. The van der Waals surface area contributed by atoms with Crippen LogP contribution in [-0.4, -0.2) is 43.9 Å². The lowest BCUT2D eigenvalue weighted by Gasteiger charge is -2.11. The largest absolute Gasteiger partial charge is 0.497 e. The number of ether oxygens (including phenoxy) is 2. The van der Waals surface area contributed by atoms with Crippen LogP contribution >= 0.6 is 0 Å². The Kier molecular flexibility index (Phi) is 5.48. The minimum absolute atomic E-state index is 0.264. The summed E-state index contributed by atoms with van der Waals surface area (Å²) in [7, 11) is 3.05. The van der Waals surface area contributed by atoms with Gasteiger partial charge in [-0.2, -0.15) is 5.10 Å². The summed E-state index contributed by atoms with van der Waals surface area (Å²) in [4.78, 5) is 25.7. The van der Waals surface area contributed by atoms with E-state index < -0.39 is 11.6 Å². The van der Waals surface area contributed by atoms with Crippen LogP contribution in [0.5, 0.6) is 11.5 Å². The molecule has 0 fully saturated rings. The number of benzene rings is 2. The van der Waals surface area contributed by atoms with Crippen LogP contribution < -0.4 is 20.5 Å². The Hall–Kier alpha value is -4.60. The second kappa shape index (κ2) is 8.64. The van der Waals surface area contributed by atoms with E-state index in [0.29, 0.717) is 28.4 Å². The van der Waals surface area contributed by atoms with E-state index in [9.17, 15) is 9.59 Å². The summed E-state index contributed by atoms with van der Waals surface area (Å²) in [6.45, 7) is 3.80. The zero-order valence-corrected chi connectivity index (χ0v) is 19.8. The molecule has 0 aliphatic carbocycles. The molecule has 10 nitrogen and oxygen atoms in total. The molecule has 5 rings (SSSR count). The number of carbonyl (C=O) groups is 1. The van der Waals surface area contributed by atoms with Gasteiger partial charge in [0, 0.05) is 24.0 Å². The fourth-order valence-corrected chi connectivity index (χ4v) is 4.01. The second-order valence-electron chi connectivity index (χ2n) is 8.22. The van der Waals surface area contributed by atoms with Gasteiger partial charge in [0.15, 0.2) is 5.65 Å². The third kappa shape index (κ3) is 3.99. The lowest BCUT2D eigenvalue weighted by atomic mass is 10.0. The molecule has 0 saturated carbocycles. The van der Waals surface area contributed by atoms with Crippen molar-refractivity contribution in [1.82, 2.24) is 23.8 Å². The van der Waals surface area contributed by atoms with Crippen molar-refractivity contribution < 1.29 is 14.3 Å². The van der Waals surface area contributed by atoms with Crippen LogP contribution in [0.2, 0.25) is 0 Å². The van der Waals surface area contributed by atoms with Gasteiger partial charge in [-0.05, 0) is 43.7 Å². The van der Waals surface area contributed by atoms with E-state index in [1.54, 1.807) is 42.2 Å². The molecule has 0 bridgehead atoms. The monoisotopic (exact) mass is 472 g/mol. The maximum absolute atomic E-state index is 13.0. The van der Waals surface area contributed by atoms with E-state index in [1.807, 2.05) is 19.9 Å². The van der Waals surface area contributed by atoms with Crippen molar-refractivity contribution in [3.63, 3.8) is 0 Å². The van der Waals surface area contributed by atoms with Gasteiger partial charge in [-0.3, -0.25) is 4.79 Å². The third-order valence-corrected chi connectivity index (χ3v) is 5.84. The molecule has 0 aliphatic rings. The highest BCUT2D eigenvalue weighted by atomic mass is 16.5.